The zero-order valence-electron chi connectivity index (χ0n) is 12.5. The SMILES string of the molecule is CCNC(=NCCN(CC)CC)NCCOCC. The van der Waals surface area contributed by atoms with Crippen LogP contribution in [0, 0.1) is 0 Å². The minimum atomic E-state index is 0.719. The Morgan fingerprint density at radius 2 is 1.83 bits per heavy atom. The van der Waals surface area contributed by atoms with Crippen molar-refractivity contribution in [3.05, 3.63) is 0 Å². The van der Waals surface area contributed by atoms with Gasteiger partial charge in [0.25, 0.3) is 0 Å². The van der Waals surface area contributed by atoms with Crippen LogP contribution in [0.4, 0.5) is 0 Å². The number of hydrogen-bond acceptors (Lipinski definition) is 3. The first-order valence-corrected chi connectivity index (χ1v) is 7.10. The molecule has 0 saturated heterocycles. The number of nitrogens with zero attached hydrogens (tertiary/aromatic N) is 2. The van der Waals surface area contributed by atoms with Crippen LogP contribution >= 0.6 is 0 Å². The fourth-order valence-corrected chi connectivity index (χ4v) is 1.57. The average Bonchev–Trinajstić information content (AvgIpc) is 2.39. The van der Waals surface area contributed by atoms with Gasteiger partial charge in [0, 0.05) is 26.2 Å². The standard InChI is InChI=1S/C13H30N4O/c1-5-14-13(16-10-12-18-8-4)15-9-11-17(6-2)7-3/h5-12H2,1-4H3,(H2,14,15,16). The second-order valence-corrected chi connectivity index (χ2v) is 3.91. The predicted molar refractivity (Wildman–Crippen MR) is 78.3 cm³/mol. The lowest BCUT2D eigenvalue weighted by atomic mass is 10.5. The van der Waals surface area contributed by atoms with Crippen molar-refractivity contribution in [2.45, 2.75) is 27.7 Å². The van der Waals surface area contributed by atoms with Crippen LogP contribution in [0.2, 0.25) is 0 Å². The second-order valence-electron chi connectivity index (χ2n) is 3.91. The van der Waals surface area contributed by atoms with E-state index in [2.05, 4.69) is 41.3 Å². The van der Waals surface area contributed by atoms with Crippen LogP contribution in [-0.4, -0.2) is 63.3 Å². The lowest BCUT2D eigenvalue weighted by Crippen LogP contribution is -2.39. The van der Waals surface area contributed by atoms with Crippen LogP contribution in [0.25, 0.3) is 0 Å². The van der Waals surface area contributed by atoms with Gasteiger partial charge in [0.15, 0.2) is 5.96 Å². The van der Waals surface area contributed by atoms with Crippen molar-refractivity contribution in [2.75, 3.05) is 52.5 Å². The minimum absolute atomic E-state index is 0.719. The first-order valence-electron chi connectivity index (χ1n) is 7.10. The maximum Gasteiger partial charge on any atom is 0.191 e. The lowest BCUT2D eigenvalue weighted by molar-refractivity contribution is 0.152. The highest BCUT2D eigenvalue weighted by atomic mass is 16.5. The van der Waals surface area contributed by atoms with Crippen molar-refractivity contribution in [1.29, 1.82) is 0 Å². The number of hydrogen-bond donors (Lipinski definition) is 2. The smallest absolute Gasteiger partial charge is 0.191 e. The molecule has 0 amide bonds. The fraction of sp³-hybridized carbons (Fsp3) is 0.923. The molecule has 0 saturated carbocycles. The summed E-state index contributed by atoms with van der Waals surface area (Å²) in [5.74, 6) is 0.879. The molecule has 0 aliphatic carbocycles. The molecule has 0 aromatic rings. The highest BCUT2D eigenvalue weighted by Crippen LogP contribution is 1.86. The summed E-state index contributed by atoms with van der Waals surface area (Å²) in [5, 5.41) is 6.49. The molecule has 0 aliphatic rings. The maximum atomic E-state index is 5.29. The average molecular weight is 258 g/mol. The van der Waals surface area contributed by atoms with Crippen molar-refractivity contribution in [1.82, 2.24) is 15.5 Å². The van der Waals surface area contributed by atoms with E-state index in [9.17, 15) is 0 Å². The zero-order valence-corrected chi connectivity index (χ0v) is 12.5. The van der Waals surface area contributed by atoms with Gasteiger partial charge in [-0.05, 0) is 26.9 Å². The Morgan fingerprint density at radius 1 is 1.11 bits per heavy atom. The molecule has 5 heteroatoms. The molecule has 0 heterocycles. The molecule has 2 N–H and O–H groups in total. The third kappa shape index (κ3) is 9.24. The maximum absolute atomic E-state index is 5.29. The molecule has 0 aromatic carbocycles. The Balaban J connectivity index is 3.90. The Morgan fingerprint density at radius 3 is 2.39 bits per heavy atom. The molecule has 0 rings (SSSR count). The van der Waals surface area contributed by atoms with Crippen molar-refractivity contribution in [2.24, 2.45) is 4.99 Å². The summed E-state index contributed by atoms with van der Waals surface area (Å²) in [6.45, 7) is 15.6. The molecule has 0 bridgehead atoms. The summed E-state index contributed by atoms with van der Waals surface area (Å²) < 4.78 is 5.29. The Labute approximate surface area is 112 Å². The van der Waals surface area contributed by atoms with Gasteiger partial charge < -0.3 is 20.3 Å². The van der Waals surface area contributed by atoms with Gasteiger partial charge in [-0.3, -0.25) is 4.99 Å². The normalized spacial score (nSPS) is 11.9. The van der Waals surface area contributed by atoms with E-state index >= 15 is 0 Å². The van der Waals surface area contributed by atoms with Gasteiger partial charge in [-0.25, -0.2) is 0 Å². The summed E-state index contributed by atoms with van der Waals surface area (Å²) in [5.41, 5.74) is 0. The minimum Gasteiger partial charge on any atom is -0.380 e. The van der Waals surface area contributed by atoms with Gasteiger partial charge in [0.1, 0.15) is 0 Å². The molecule has 0 aromatic heterocycles. The van der Waals surface area contributed by atoms with E-state index in [4.69, 9.17) is 4.74 Å². The fourth-order valence-electron chi connectivity index (χ4n) is 1.57. The van der Waals surface area contributed by atoms with E-state index in [-0.39, 0.29) is 0 Å². The number of aliphatic imine (C=N–C) groups is 1. The molecule has 0 aliphatic heterocycles. The van der Waals surface area contributed by atoms with E-state index < -0.39 is 0 Å². The third-order valence-electron chi connectivity index (χ3n) is 2.67. The van der Waals surface area contributed by atoms with Crippen LogP contribution in [-0.2, 0) is 4.74 Å². The molecule has 5 nitrogen and oxygen atoms in total. The number of ether oxygens (including phenoxy) is 1. The summed E-state index contributed by atoms with van der Waals surface area (Å²) >= 11 is 0. The molecule has 0 atom stereocenters. The summed E-state index contributed by atoms with van der Waals surface area (Å²) in [6, 6.07) is 0. The van der Waals surface area contributed by atoms with Crippen LogP contribution in [0.5, 0.6) is 0 Å². The largest absolute Gasteiger partial charge is 0.380 e. The summed E-state index contributed by atoms with van der Waals surface area (Å²) in [4.78, 5) is 6.91. The Bertz CT molecular complexity index is 205. The summed E-state index contributed by atoms with van der Waals surface area (Å²) in [6.07, 6.45) is 0. The van der Waals surface area contributed by atoms with Crippen molar-refractivity contribution in [3.8, 4) is 0 Å². The predicted octanol–water partition coefficient (Wildman–Crippen LogP) is 0.920. The molecule has 0 spiro atoms. The molecule has 0 fully saturated rings. The Hall–Kier alpha value is -0.810. The summed E-state index contributed by atoms with van der Waals surface area (Å²) in [7, 11) is 0. The van der Waals surface area contributed by atoms with Crippen LogP contribution in [0.15, 0.2) is 4.99 Å². The van der Waals surface area contributed by atoms with Gasteiger partial charge in [-0.15, -0.1) is 0 Å². The topological polar surface area (TPSA) is 48.9 Å². The molecule has 0 radical (unpaired) electrons. The van der Waals surface area contributed by atoms with E-state index in [1.165, 1.54) is 0 Å². The van der Waals surface area contributed by atoms with E-state index in [1.54, 1.807) is 0 Å². The van der Waals surface area contributed by atoms with Gasteiger partial charge in [-0.1, -0.05) is 13.8 Å². The van der Waals surface area contributed by atoms with Crippen molar-refractivity contribution in [3.63, 3.8) is 0 Å². The second kappa shape index (κ2) is 12.6. The van der Waals surface area contributed by atoms with Gasteiger partial charge in [0.2, 0.25) is 0 Å². The molecular formula is C13H30N4O. The first kappa shape index (κ1) is 17.2. The molecule has 108 valence electrons. The quantitative estimate of drug-likeness (QED) is 0.347. The van der Waals surface area contributed by atoms with Gasteiger partial charge in [0.05, 0.1) is 13.2 Å². The van der Waals surface area contributed by atoms with E-state index in [0.717, 1.165) is 58.4 Å². The van der Waals surface area contributed by atoms with Gasteiger partial charge in [-0.2, -0.15) is 0 Å². The van der Waals surface area contributed by atoms with E-state index in [1.807, 2.05) is 6.92 Å². The molecular weight excluding hydrogens is 228 g/mol. The third-order valence-corrected chi connectivity index (χ3v) is 2.67. The highest BCUT2D eigenvalue weighted by Gasteiger charge is 1.99. The van der Waals surface area contributed by atoms with Crippen LogP contribution in [0.1, 0.15) is 27.7 Å². The lowest BCUT2D eigenvalue weighted by Gasteiger charge is -2.17. The number of rotatable bonds is 10. The Kier molecular flexibility index (Phi) is 12.1. The van der Waals surface area contributed by atoms with Crippen LogP contribution in [0.3, 0.4) is 0 Å². The monoisotopic (exact) mass is 258 g/mol. The number of nitrogens with one attached hydrogen (secondary N) is 2. The zero-order chi connectivity index (χ0) is 13.6. The van der Waals surface area contributed by atoms with Crippen molar-refractivity contribution < 1.29 is 4.74 Å². The molecule has 0 unspecified atom stereocenters. The number of guanidine groups is 1. The first-order chi connectivity index (χ1) is 8.78. The van der Waals surface area contributed by atoms with Gasteiger partial charge >= 0.3 is 0 Å². The van der Waals surface area contributed by atoms with Crippen LogP contribution < -0.4 is 10.6 Å². The van der Waals surface area contributed by atoms with Crippen molar-refractivity contribution >= 4 is 5.96 Å². The molecule has 18 heavy (non-hydrogen) atoms. The van der Waals surface area contributed by atoms with E-state index in [0.29, 0.717) is 0 Å². The number of likely N-dealkylation sites (N-methyl/N-ethyl adjacent to an activating group) is 1. The highest BCUT2D eigenvalue weighted by molar-refractivity contribution is 5.79.